The molecule has 0 heterocycles. The largest absolute Gasteiger partial charge is 0.303 e. The van der Waals surface area contributed by atoms with Gasteiger partial charge in [0.25, 0.3) is 0 Å². The quantitative estimate of drug-likeness (QED) is 0.547. The van der Waals surface area contributed by atoms with Crippen LogP contribution in [0.3, 0.4) is 0 Å². The second-order valence-electron chi connectivity index (χ2n) is 4.99. The van der Waals surface area contributed by atoms with Gasteiger partial charge < -0.3 is 4.79 Å². The van der Waals surface area contributed by atoms with Crippen molar-refractivity contribution >= 4 is 6.29 Å². The van der Waals surface area contributed by atoms with Crippen LogP contribution >= 0.6 is 0 Å². The number of hydrogen-bond donors (Lipinski definition) is 0. The molecule has 0 aromatic heterocycles. The Labute approximate surface area is 74.5 Å². The highest BCUT2D eigenvalue weighted by molar-refractivity contribution is 5.59. The fraction of sp³-hybridized carbons (Fsp3) is 0.909. The summed E-state index contributed by atoms with van der Waals surface area (Å²) in [6, 6.07) is 0. The van der Waals surface area contributed by atoms with Crippen molar-refractivity contribution < 1.29 is 4.79 Å². The van der Waals surface area contributed by atoms with Gasteiger partial charge in [0.2, 0.25) is 0 Å². The Kier molecular flexibility index (Phi) is 1.97. The van der Waals surface area contributed by atoms with E-state index in [1.54, 1.807) is 0 Å². The van der Waals surface area contributed by atoms with E-state index >= 15 is 0 Å². The van der Waals surface area contributed by atoms with Crippen molar-refractivity contribution in [2.45, 2.75) is 45.4 Å². The van der Waals surface area contributed by atoms with Crippen molar-refractivity contribution in [2.75, 3.05) is 0 Å². The molecule has 0 aromatic carbocycles. The van der Waals surface area contributed by atoms with Crippen LogP contribution in [0.2, 0.25) is 0 Å². The molecule has 0 spiro atoms. The molecule has 1 heteroatoms. The van der Waals surface area contributed by atoms with Crippen LogP contribution in [-0.2, 0) is 4.79 Å². The molecule has 1 nitrogen and oxygen atoms in total. The van der Waals surface area contributed by atoms with Crippen molar-refractivity contribution in [1.82, 2.24) is 0 Å². The number of aldehydes is 1. The van der Waals surface area contributed by atoms with Crippen LogP contribution in [0, 0.1) is 17.3 Å². The minimum Gasteiger partial charge on any atom is -0.303 e. The number of fused-ring (bicyclic) bond motifs is 2. The van der Waals surface area contributed by atoms with Gasteiger partial charge in [0.1, 0.15) is 6.29 Å². The zero-order valence-corrected chi connectivity index (χ0v) is 7.88. The number of carbonyl (C=O) groups excluding carboxylic acids is 1. The molecule has 2 bridgehead atoms. The fourth-order valence-electron chi connectivity index (χ4n) is 3.41. The van der Waals surface area contributed by atoms with Gasteiger partial charge in [-0.05, 0) is 37.5 Å². The molecule has 0 amide bonds. The highest BCUT2D eigenvalue weighted by Gasteiger charge is 2.41. The zero-order chi connectivity index (χ0) is 8.60. The number of rotatable bonds is 1. The maximum atomic E-state index is 11.0. The summed E-state index contributed by atoms with van der Waals surface area (Å²) in [6.07, 6.45) is 8.81. The molecule has 0 aliphatic heterocycles. The molecule has 0 radical (unpaired) electrons. The van der Waals surface area contributed by atoms with Gasteiger partial charge >= 0.3 is 0 Å². The van der Waals surface area contributed by atoms with Gasteiger partial charge in [-0.15, -0.1) is 0 Å². The van der Waals surface area contributed by atoms with E-state index in [4.69, 9.17) is 0 Å². The molecule has 68 valence electrons. The van der Waals surface area contributed by atoms with Crippen molar-refractivity contribution in [3.8, 4) is 0 Å². The third kappa shape index (κ3) is 1.30. The first-order valence-electron chi connectivity index (χ1n) is 5.20. The third-order valence-corrected chi connectivity index (χ3v) is 3.72. The average Bonchev–Trinajstić information content (AvgIpc) is 2.03. The molecule has 2 aliphatic carbocycles. The summed E-state index contributed by atoms with van der Waals surface area (Å²) in [5.74, 6) is 1.65. The van der Waals surface area contributed by atoms with Crippen molar-refractivity contribution in [2.24, 2.45) is 17.3 Å². The van der Waals surface area contributed by atoms with Crippen LogP contribution in [0.1, 0.15) is 45.4 Å². The van der Waals surface area contributed by atoms with Crippen LogP contribution in [0.15, 0.2) is 0 Å². The molecule has 3 unspecified atom stereocenters. The van der Waals surface area contributed by atoms with Gasteiger partial charge in [0.05, 0.1) is 0 Å². The van der Waals surface area contributed by atoms with Crippen molar-refractivity contribution in [3.63, 3.8) is 0 Å². The van der Waals surface area contributed by atoms with Crippen LogP contribution < -0.4 is 0 Å². The monoisotopic (exact) mass is 166 g/mol. The predicted octanol–water partition coefficient (Wildman–Crippen LogP) is 2.79. The average molecular weight is 166 g/mol. The lowest BCUT2D eigenvalue weighted by molar-refractivity contribution is -0.122. The van der Waals surface area contributed by atoms with E-state index in [1.807, 2.05) is 0 Å². The molecule has 0 N–H and O–H groups in total. The Hall–Kier alpha value is -0.330. The van der Waals surface area contributed by atoms with Gasteiger partial charge in [0.15, 0.2) is 0 Å². The Morgan fingerprint density at radius 3 is 3.00 bits per heavy atom. The molecule has 0 saturated heterocycles. The van der Waals surface area contributed by atoms with Gasteiger partial charge in [0, 0.05) is 5.41 Å². The Balaban J connectivity index is 2.15. The smallest absolute Gasteiger partial charge is 0.126 e. The van der Waals surface area contributed by atoms with Gasteiger partial charge in [-0.1, -0.05) is 19.8 Å². The van der Waals surface area contributed by atoms with Gasteiger partial charge in [-0.3, -0.25) is 0 Å². The standard InChI is InChI=1S/C11H18O/c1-9-5-10-3-2-4-11(6-9,7-10)8-12/h8-10H,2-7H2,1H3. The molecular formula is C11H18O. The summed E-state index contributed by atoms with van der Waals surface area (Å²) < 4.78 is 0. The molecule has 2 aliphatic rings. The molecule has 2 saturated carbocycles. The van der Waals surface area contributed by atoms with E-state index in [0.29, 0.717) is 0 Å². The normalized spacial score (nSPS) is 47.1. The van der Waals surface area contributed by atoms with E-state index in [2.05, 4.69) is 6.92 Å². The third-order valence-electron chi connectivity index (χ3n) is 3.72. The summed E-state index contributed by atoms with van der Waals surface area (Å²) in [7, 11) is 0. The SMILES string of the molecule is CC1CC2CCCC(C=O)(C1)C2. The van der Waals surface area contributed by atoms with Crippen LogP contribution in [0.25, 0.3) is 0 Å². The maximum Gasteiger partial charge on any atom is 0.126 e. The first-order valence-corrected chi connectivity index (χ1v) is 5.20. The van der Waals surface area contributed by atoms with Crippen LogP contribution in [-0.4, -0.2) is 6.29 Å². The van der Waals surface area contributed by atoms with Crippen LogP contribution in [0.4, 0.5) is 0 Å². The Morgan fingerprint density at radius 1 is 1.42 bits per heavy atom. The maximum absolute atomic E-state index is 11.0. The van der Waals surface area contributed by atoms with Gasteiger partial charge in [-0.2, -0.15) is 0 Å². The highest BCUT2D eigenvalue weighted by atomic mass is 16.1. The Bertz CT molecular complexity index is 183. The summed E-state index contributed by atoms with van der Waals surface area (Å²) in [5, 5.41) is 0. The topological polar surface area (TPSA) is 17.1 Å². The Morgan fingerprint density at radius 2 is 2.25 bits per heavy atom. The second-order valence-corrected chi connectivity index (χ2v) is 4.99. The molecule has 3 atom stereocenters. The van der Waals surface area contributed by atoms with Crippen molar-refractivity contribution in [1.29, 1.82) is 0 Å². The van der Waals surface area contributed by atoms with Crippen LogP contribution in [0.5, 0.6) is 0 Å². The highest BCUT2D eigenvalue weighted by Crippen LogP contribution is 2.49. The molecular weight excluding hydrogens is 148 g/mol. The first kappa shape index (κ1) is 8.28. The summed E-state index contributed by atoms with van der Waals surface area (Å²) >= 11 is 0. The predicted molar refractivity (Wildman–Crippen MR) is 48.9 cm³/mol. The van der Waals surface area contributed by atoms with E-state index < -0.39 is 0 Å². The summed E-state index contributed by atoms with van der Waals surface area (Å²) in [4.78, 5) is 11.0. The second kappa shape index (κ2) is 2.86. The summed E-state index contributed by atoms with van der Waals surface area (Å²) in [6.45, 7) is 2.30. The molecule has 2 fully saturated rings. The molecule has 0 aromatic rings. The first-order chi connectivity index (χ1) is 5.74. The van der Waals surface area contributed by atoms with Gasteiger partial charge in [-0.25, -0.2) is 0 Å². The summed E-state index contributed by atoms with van der Waals surface area (Å²) in [5.41, 5.74) is 0.112. The lowest BCUT2D eigenvalue weighted by Crippen LogP contribution is -2.37. The number of hydrogen-bond acceptors (Lipinski definition) is 1. The minimum absolute atomic E-state index is 0.112. The van der Waals surface area contributed by atoms with E-state index in [1.165, 1.54) is 32.0 Å². The lowest BCUT2D eigenvalue weighted by Gasteiger charge is -2.44. The molecule has 12 heavy (non-hydrogen) atoms. The fourth-order valence-corrected chi connectivity index (χ4v) is 3.41. The van der Waals surface area contributed by atoms with Crippen molar-refractivity contribution in [3.05, 3.63) is 0 Å². The van der Waals surface area contributed by atoms with E-state index in [-0.39, 0.29) is 5.41 Å². The molecule has 2 rings (SSSR count). The minimum atomic E-state index is 0.112. The van der Waals surface area contributed by atoms with E-state index in [9.17, 15) is 4.79 Å². The lowest BCUT2D eigenvalue weighted by atomic mass is 9.60. The van der Waals surface area contributed by atoms with E-state index in [0.717, 1.165) is 24.7 Å². The zero-order valence-electron chi connectivity index (χ0n) is 7.88. The number of carbonyl (C=O) groups is 1.